The second kappa shape index (κ2) is 6.36. The van der Waals surface area contributed by atoms with Crippen LogP contribution < -0.4 is 5.32 Å². The number of non-ortho nitro benzene ring substituents is 1. The summed E-state index contributed by atoms with van der Waals surface area (Å²) in [5.41, 5.74) is 1.15. The molecular formula is C13H17IN2O2. The summed E-state index contributed by atoms with van der Waals surface area (Å²) >= 11 is 2.14. The third kappa shape index (κ3) is 3.57. The van der Waals surface area contributed by atoms with Gasteiger partial charge in [0.2, 0.25) is 0 Å². The summed E-state index contributed by atoms with van der Waals surface area (Å²) < 4.78 is 0.910. The minimum atomic E-state index is -0.357. The quantitative estimate of drug-likeness (QED) is 0.487. The maximum Gasteiger partial charge on any atom is 0.270 e. The molecule has 4 nitrogen and oxygen atoms in total. The van der Waals surface area contributed by atoms with Gasteiger partial charge >= 0.3 is 0 Å². The molecule has 0 saturated heterocycles. The lowest BCUT2D eigenvalue weighted by atomic mass is 10.0. The maximum atomic E-state index is 10.6. The molecule has 0 spiro atoms. The van der Waals surface area contributed by atoms with Gasteiger partial charge in [-0.1, -0.05) is 25.7 Å². The van der Waals surface area contributed by atoms with E-state index in [2.05, 4.69) is 27.9 Å². The highest BCUT2D eigenvalue weighted by atomic mass is 127. The normalized spacial score (nSPS) is 15.8. The zero-order valence-corrected chi connectivity index (χ0v) is 12.4. The van der Waals surface area contributed by atoms with Crippen molar-refractivity contribution in [2.24, 2.45) is 5.92 Å². The smallest absolute Gasteiger partial charge is 0.270 e. The molecule has 1 N–H and O–H groups in total. The van der Waals surface area contributed by atoms with Crippen molar-refractivity contribution in [1.82, 2.24) is 0 Å². The van der Waals surface area contributed by atoms with E-state index in [-0.39, 0.29) is 10.6 Å². The average molecular weight is 360 g/mol. The van der Waals surface area contributed by atoms with Gasteiger partial charge in [-0.05, 0) is 41.0 Å². The second-order valence-electron chi connectivity index (χ2n) is 4.79. The van der Waals surface area contributed by atoms with E-state index in [0.717, 1.165) is 21.7 Å². The van der Waals surface area contributed by atoms with Crippen LogP contribution in [-0.2, 0) is 0 Å². The molecule has 0 heterocycles. The molecule has 1 saturated carbocycles. The van der Waals surface area contributed by atoms with Crippen molar-refractivity contribution >= 4 is 34.0 Å². The zero-order valence-electron chi connectivity index (χ0n) is 10.2. The van der Waals surface area contributed by atoms with Crippen molar-refractivity contribution in [3.05, 3.63) is 31.9 Å². The number of benzene rings is 1. The SMILES string of the molecule is O=[N+]([O-])c1ccc(NCCC2CCCC2)c(I)c1. The number of hydrogen-bond donors (Lipinski definition) is 1. The van der Waals surface area contributed by atoms with Crippen molar-refractivity contribution in [3.63, 3.8) is 0 Å². The number of rotatable bonds is 5. The Kier molecular flexibility index (Phi) is 4.79. The fourth-order valence-corrected chi connectivity index (χ4v) is 3.16. The Morgan fingerprint density at radius 2 is 2.11 bits per heavy atom. The van der Waals surface area contributed by atoms with Gasteiger partial charge in [0.05, 0.1) is 4.92 Å². The van der Waals surface area contributed by atoms with Crippen molar-refractivity contribution in [1.29, 1.82) is 0 Å². The van der Waals surface area contributed by atoms with E-state index >= 15 is 0 Å². The number of nitro benzene ring substituents is 1. The van der Waals surface area contributed by atoms with E-state index in [4.69, 9.17) is 0 Å². The number of hydrogen-bond acceptors (Lipinski definition) is 3. The number of halogens is 1. The molecule has 98 valence electrons. The molecule has 1 aliphatic rings. The Morgan fingerprint density at radius 1 is 1.39 bits per heavy atom. The average Bonchev–Trinajstić information content (AvgIpc) is 2.84. The first-order valence-electron chi connectivity index (χ1n) is 6.34. The number of anilines is 1. The fraction of sp³-hybridized carbons (Fsp3) is 0.538. The number of nitrogens with one attached hydrogen (secondary N) is 1. The van der Waals surface area contributed by atoms with E-state index in [1.807, 2.05) is 0 Å². The Labute approximate surface area is 120 Å². The van der Waals surface area contributed by atoms with Crippen molar-refractivity contribution in [2.45, 2.75) is 32.1 Å². The predicted octanol–water partition coefficient (Wildman–Crippen LogP) is 4.19. The zero-order chi connectivity index (χ0) is 13.0. The van der Waals surface area contributed by atoms with Gasteiger partial charge < -0.3 is 5.32 Å². The molecular weight excluding hydrogens is 343 g/mol. The summed E-state index contributed by atoms with van der Waals surface area (Å²) in [5, 5.41) is 14.0. The van der Waals surface area contributed by atoms with Gasteiger partial charge in [0, 0.05) is 27.9 Å². The standard InChI is InChI=1S/C13H17IN2O2/c14-12-9-11(16(17)18)5-6-13(12)15-8-7-10-3-1-2-4-10/h5-6,9-10,15H,1-4,7-8H2. The van der Waals surface area contributed by atoms with E-state index in [0.29, 0.717) is 0 Å². The van der Waals surface area contributed by atoms with Crippen LogP contribution in [0.1, 0.15) is 32.1 Å². The summed E-state index contributed by atoms with van der Waals surface area (Å²) in [6, 6.07) is 4.97. The summed E-state index contributed by atoms with van der Waals surface area (Å²) in [6.07, 6.45) is 6.67. The first-order chi connectivity index (χ1) is 8.66. The molecule has 5 heteroatoms. The van der Waals surface area contributed by atoms with Gasteiger partial charge in [-0.3, -0.25) is 10.1 Å². The van der Waals surface area contributed by atoms with Crippen LogP contribution in [0.5, 0.6) is 0 Å². The Morgan fingerprint density at radius 3 is 2.72 bits per heavy atom. The highest BCUT2D eigenvalue weighted by Crippen LogP contribution is 2.28. The van der Waals surface area contributed by atoms with Gasteiger partial charge in [0.25, 0.3) is 5.69 Å². The van der Waals surface area contributed by atoms with Crippen LogP contribution in [-0.4, -0.2) is 11.5 Å². The topological polar surface area (TPSA) is 55.2 Å². The number of nitrogens with zero attached hydrogens (tertiary/aromatic N) is 1. The molecule has 1 aromatic carbocycles. The highest BCUT2D eigenvalue weighted by molar-refractivity contribution is 14.1. The molecule has 0 atom stereocenters. The molecule has 18 heavy (non-hydrogen) atoms. The molecule has 1 fully saturated rings. The van der Waals surface area contributed by atoms with Gasteiger partial charge in [0.1, 0.15) is 0 Å². The lowest BCUT2D eigenvalue weighted by Gasteiger charge is -2.11. The molecule has 0 aliphatic heterocycles. The van der Waals surface area contributed by atoms with Crippen molar-refractivity contribution in [2.75, 3.05) is 11.9 Å². The predicted molar refractivity (Wildman–Crippen MR) is 80.9 cm³/mol. The van der Waals surface area contributed by atoms with Gasteiger partial charge in [-0.25, -0.2) is 0 Å². The summed E-state index contributed by atoms with van der Waals surface area (Å²) in [4.78, 5) is 10.3. The molecule has 1 aliphatic carbocycles. The minimum Gasteiger partial charge on any atom is -0.384 e. The molecule has 0 radical (unpaired) electrons. The van der Waals surface area contributed by atoms with Crippen LogP contribution in [0.4, 0.5) is 11.4 Å². The second-order valence-corrected chi connectivity index (χ2v) is 5.95. The van der Waals surface area contributed by atoms with E-state index < -0.39 is 0 Å². The molecule has 1 aromatic rings. The van der Waals surface area contributed by atoms with E-state index in [1.165, 1.54) is 32.1 Å². The summed E-state index contributed by atoms with van der Waals surface area (Å²) in [6.45, 7) is 0.957. The molecule has 0 aromatic heterocycles. The molecule has 0 unspecified atom stereocenters. The lowest BCUT2D eigenvalue weighted by molar-refractivity contribution is -0.384. The van der Waals surface area contributed by atoms with Crippen LogP contribution in [0, 0.1) is 19.6 Å². The largest absolute Gasteiger partial charge is 0.384 e. The number of nitro groups is 1. The molecule has 0 bridgehead atoms. The highest BCUT2D eigenvalue weighted by Gasteiger charge is 2.14. The van der Waals surface area contributed by atoms with Crippen molar-refractivity contribution < 1.29 is 4.92 Å². The molecule has 2 rings (SSSR count). The third-order valence-corrected chi connectivity index (χ3v) is 4.40. The minimum absolute atomic E-state index is 0.153. The van der Waals surface area contributed by atoms with Crippen LogP contribution in [0.3, 0.4) is 0 Å². The van der Waals surface area contributed by atoms with Crippen LogP contribution >= 0.6 is 22.6 Å². The molecule has 0 amide bonds. The Balaban J connectivity index is 1.87. The van der Waals surface area contributed by atoms with Crippen LogP contribution in [0.15, 0.2) is 18.2 Å². The third-order valence-electron chi connectivity index (χ3n) is 3.51. The van der Waals surface area contributed by atoms with Gasteiger partial charge in [-0.2, -0.15) is 0 Å². The first-order valence-corrected chi connectivity index (χ1v) is 7.42. The first kappa shape index (κ1) is 13.6. The summed E-state index contributed by atoms with van der Waals surface area (Å²) in [5.74, 6) is 0.869. The summed E-state index contributed by atoms with van der Waals surface area (Å²) in [7, 11) is 0. The van der Waals surface area contributed by atoms with E-state index in [1.54, 1.807) is 18.2 Å². The Hall–Kier alpha value is -0.850. The fourth-order valence-electron chi connectivity index (χ4n) is 2.47. The van der Waals surface area contributed by atoms with Gasteiger partial charge in [0.15, 0.2) is 0 Å². The maximum absolute atomic E-state index is 10.6. The van der Waals surface area contributed by atoms with Gasteiger partial charge in [-0.15, -0.1) is 0 Å². The Bertz CT molecular complexity index is 431. The van der Waals surface area contributed by atoms with Crippen molar-refractivity contribution in [3.8, 4) is 0 Å². The monoisotopic (exact) mass is 360 g/mol. The van der Waals surface area contributed by atoms with Crippen LogP contribution in [0.2, 0.25) is 0 Å². The van der Waals surface area contributed by atoms with E-state index in [9.17, 15) is 10.1 Å². The van der Waals surface area contributed by atoms with Crippen LogP contribution in [0.25, 0.3) is 0 Å². The lowest BCUT2D eigenvalue weighted by Crippen LogP contribution is -2.07.